The molecule has 6 rings (SSSR count). The van der Waals surface area contributed by atoms with Crippen molar-refractivity contribution in [1.29, 1.82) is 0 Å². The van der Waals surface area contributed by atoms with E-state index in [1.807, 2.05) is 0 Å². The van der Waals surface area contributed by atoms with Gasteiger partial charge in [-0.1, -0.05) is 0 Å². The summed E-state index contributed by atoms with van der Waals surface area (Å²) in [5.41, 5.74) is -5.10. The van der Waals surface area contributed by atoms with Crippen LogP contribution in [0.15, 0.2) is 28.1 Å². The molecule has 0 aliphatic carbocycles. The molecule has 2 unspecified atom stereocenters. The minimum Gasteiger partial charge on any atom is -0.465 e. The number of piperazine rings is 1. The number of nitrogens with zero attached hydrogens (tertiary/aromatic N) is 4. The number of piperidine rings is 1. The van der Waals surface area contributed by atoms with Gasteiger partial charge in [0.25, 0.3) is 6.01 Å². The first-order valence-electron chi connectivity index (χ1n) is 9.15. The molecule has 3 fully saturated rings. The number of thiazole rings is 1. The van der Waals surface area contributed by atoms with Gasteiger partial charge in [0.05, 0.1) is 17.6 Å². The van der Waals surface area contributed by atoms with Gasteiger partial charge in [0.15, 0.2) is 5.58 Å². The first-order valence-corrected chi connectivity index (χ1v) is 11.4. The molecule has 1 amide bonds. The summed E-state index contributed by atoms with van der Waals surface area (Å²) in [6, 6.07) is 1.86. The number of amides is 1. The zero-order valence-corrected chi connectivity index (χ0v) is 17.4. The van der Waals surface area contributed by atoms with Gasteiger partial charge >= 0.3 is 21.7 Å². The molecule has 1 N–H and O–H groups in total. The van der Waals surface area contributed by atoms with Crippen molar-refractivity contribution in [3.05, 3.63) is 23.7 Å². The molecule has 3 aliphatic rings. The number of halogens is 3. The predicted octanol–water partition coefficient (Wildman–Crippen LogP) is 3.12. The van der Waals surface area contributed by atoms with Crippen LogP contribution in [-0.2, 0) is 10.1 Å². The molecular weight excluding hydrogens is 477 g/mol. The number of hydrogen-bond acceptors (Lipinski definition) is 9. The minimum atomic E-state index is -5.88. The van der Waals surface area contributed by atoms with Crippen LogP contribution in [0.3, 0.4) is 0 Å². The summed E-state index contributed by atoms with van der Waals surface area (Å²) in [6.07, 6.45) is 1.20. The maximum absolute atomic E-state index is 12.8. The van der Waals surface area contributed by atoms with Crippen LogP contribution in [0, 0.1) is 0 Å². The molecule has 0 saturated carbocycles. The van der Waals surface area contributed by atoms with Crippen molar-refractivity contribution < 1.29 is 40.1 Å². The number of fused-ring (bicyclic) bond motifs is 3. The van der Waals surface area contributed by atoms with Crippen LogP contribution in [0.1, 0.15) is 6.42 Å². The Morgan fingerprint density at radius 1 is 1.28 bits per heavy atom. The predicted molar refractivity (Wildman–Crippen MR) is 105 cm³/mol. The smallest absolute Gasteiger partial charge is 0.465 e. The molecule has 3 aliphatic heterocycles. The summed E-state index contributed by atoms with van der Waals surface area (Å²) in [6.45, 7) is 0.683. The molecule has 0 spiro atoms. The molecule has 3 saturated heterocycles. The van der Waals surface area contributed by atoms with E-state index in [1.165, 1.54) is 22.4 Å². The highest BCUT2D eigenvalue weighted by molar-refractivity contribution is 7.88. The van der Waals surface area contributed by atoms with E-state index >= 15 is 0 Å². The van der Waals surface area contributed by atoms with E-state index < -0.39 is 27.5 Å². The van der Waals surface area contributed by atoms with Crippen molar-refractivity contribution in [3.8, 4) is 16.3 Å². The second-order valence-corrected chi connectivity index (χ2v) is 9.71. The van der Waals surface area contributed by atoms with E-state index in [2.05, 4.69) is 14.2 Å². The van der Waals surface area contributed by atoms with Gasteiger partial charge in [-0.2, -0.15) is 26.6 Å². The Balaban J connectivity index is 1.54. The van der Waals surface area contributed by atoms with Crippen molar-refractivity contribution in [1.82, 2.24) is 14.9 Å². The van der Waals surface area contributed by atoms with Crippen LogP contribution in [-0.4, -0.2) is 65.2 Å². The second kappa shape index (κ2) is 6.96. The highest BCUT2D eigenvalue weighted by atomic mass is 32.2. The molecular formula is C17H13F3N4O6S2. The summed E-state index contributed by atoms with van der Waals surface area (Å²) >= 11 is 1.17. The van der Waals surface area contributed by atoms with Gasteiger partial charge in [-0.15, -0.1) is 11.3 Å². The number of carbonyl (C=O) groups is 1. The molecule has 170 valence electrons. The van der Waals surface area contributed by atoms with E-state index in [9.17, 15) is 31.5 Å². The van der Waals surface area contributed by atoms with E-state index in [4.69, 9.17) is 4.42 Å². The third-order valence-corrected chi connectivity index (χ3v) is 7.07. The monoisotopic (exact) mass is 490 g/mol. The zero-order chi connectivity index (χ0) is 22.8. The number of rotatable bonds is 4. The lowest BCUT2D eigenvalue weighted by molar-refractivity contribution is -0.0500. The Bertz CT molecular complexity index is 1300. The van der Waals surface area contributed by atoms with E-state index in [0.29, 0.717) is 18.1 Å². The van der Waals surface area contributed by atoms with Gasteiger partial charge in [0, 0.05) is 30.7 Å². The molecule has 2 bridgehead atoms. The fraction of sp³-hybridized carbons (Fsp3) is 0.353. The van der Waals surface area contributed by atoms with Gasteiger partial charge in [0.2, 0.25) is 0 Å². The average Bonchev–Trinajstić information content (AvgIpc) is 3.35. The number of carboxylic acid groups (broad SMARTS) is 1. The minimum absolute atomic E-state index is 0.0782. The van der Waals surface area contributed by atoms with E-state index in [0.717, 1.165) is 18.6 Å². The Morgan fingerprint density at radius 2 is 2.00 bits per heavy atom. The number of benzene rings is 1. The Hall–Kier alpha value is -3.07. The van der Waals surface area contributed by atoms with E-state index in [1.54, 1.807) is 10.3 Å². The number of aromatic nitrogens is 2. The van der Waals surface area contributed by atoms with Crippen LogP contribution in [0.5, 0.6) is 5.75 Å². The normalized spacial score (nSPS) is 21.0. The SMILES string of the molecule is O=C(O)N1C2CC1CN(c1nc3cc(OS(=O)(=O)C(F)(F)F)cc(-c4nccs4)c3o1)C2. The lowest BCUT2D eigenvalue weighted by Gasteiger charge is -2.54. The van der Waals surface area contributed by atoms with Crippen molar-refractivity contribution >= 4 is 44.7 Å². The largest absolute Gasteiger partial charge is 0.534 e. The molecule has 32 heavy (non-hydrogen) atoms. The van der Waals surface area contributed by atoms with Crippen molar-refractivity contribution in [2.24, 2.45) is 0 Å². The van der Waals surface area contributed by atoms with Crippen LogP contribution < -0.4 is 9.08 Å². The third-order valence-electron chi connectivity index (χ3n) is 5.29. The van der Waals surface area contributed by atoms with Crippen LogP contribution in [0.4, 0.5) is 24.0 Å². The van der Waals surface area contributed by atoms with Crippen LogP contribution in [0.25, 0.3) is 21.7 Å². The molecule has 15 heteroatoms. The standard InChI is InChI=1S/C17H13F3N4O6S2/c18-17(19,20)32(27,28)30-10-4-11(14-21-1-2-31-14)13-12(5-10)22-15(29-13)23-6-8-3-9(7-23)24(8)16(25)26/h1-2,4-5,8-9H,3,6-7H2,(H,25,26). The first kappa shape index (κ1) is 20.8. The quantitative estimate of drug-likeness (QED) is 0.434. The van der Waals surface area contributed by atoms with Gasteiger partial charge in [-0.25, -0.2) is 9.78 Å². The summed E-state index contributed by atoms with van der Waals surface area (Å²) in [7, 11) is -5.88. The van der Waals surface area contributed by atoms with Gasteiger partial charge < -0.3 is 18.6 Å². The Kier molecular flexibility index (Phi) is 4.53. The number of alkyl halides is 3. The number of oxazole rings is 1. The zero-order valence-electron chi connectivity index (χ0n) is 15.8. The summed E-state index contributed by atoms with van der Waals surface area (Å²) in [4.78, 5) is 22.8. The highest BCUT2D eigenvalue weighted by Gasteiger charge is 2.49. The summed E-state index contributed by atoms with van der Waals surface area (Å²) in [5.74, 6) is -0.585. The molecule has 3 aromatic rings. The fourth-order valence-electron chi connectivity index (χ4n) is 3.95. The number of hydrogen-bond donors (Lipinski definition) is 1. The van der Waals surface area contributed by atoms with E-state index in [-0.39, 0.29) is 34.8 Å². The third kappa shape index (κ3) is 3.31. The molecule has 2 aromatic heterocycles. The fourth-order valence-corrected chi connectivity index (χ4v) is 5.04. The molecule has 0 radical (unpaired) electrons. The van der Waals surface area contributed by atoms with Gasteiger partial charge in [-0.3, -0.25) is 4.90 Å². The molecule has 1 aromatic carbocycles. The maximum atomic E-state index is 12.8. The average molecular weight is 490 g/mol. The summed E-state index contributed by atoms with van der Waals surface area (Å²) in [5, 5.41) is 11.3. The van der Waals surface area contributed by atoms with Crippen molar-refractivity contribution in [2.45, 2.75) is 24.0 Å². The maximum Gasteiger partial charge on any atom is 0.534 e. The van der Waals surface area contributed by atoms with Gasteiger partial charge in [-0.05, 0) is 12.5 Å². The Labute approximate surface area is 182 Å². The first-order chi connectivity index (χ1) is 15.0. The molecule has 10 nitrogen and oxygen atoms in total. The number of anilines is 1. The lowest BCUT2D eigenvalue weighted by atomic mass is 9.88. The Morgan fingerprint density at radius 3 is 2.59 bits per heavy atom. The van der Waals surface area contributed by atoms with Gasteiger partial charge in [0.1, 0.15) is 16.3 Å². The lowest BCUT2D eigenvalue weighted by Crippen LogP contribution is -2.70. The topological polar surface area (TPSA) is 126 Å². The van der Waals surface area contributed by atoms with Crippen LogP contribution in [0.2, 0.25) is 0 Å². The molecule has 5 heterocycles. The second-order valence-electron chi connectivity index (χ2n) is 7.27. The molecule has 2 atom stereocenters. The highest BCUT2D eigenvalue weighted by Crippen LogP contribution is 2.40. The van der Waals surface area contributed by atoms with Crippen LogP contribution >= 0.6 is 11.3 Å². The summed E-state index contributed by atoms with van der Waals surface area (Å²) < 4.78 is 71.4. The van der Waals surface area contributed by atoms with Crippen molar-refractivity contribution in [2.75, 3.05) is 18.0 Å². The van der Waals surface area contributed by atoms with Crippen molar-refractivity contribution in [3.63, 3.8) is 0 Å².